The number of urea groups is 1. The first-order chi connectivity index (χ1) is 15.0. The number of nitrogens with two attached hydrogens (primary N) is 1. The number of allylic oxidation sites excluding steroid dienone is 1. The molecule has 0 saturated heterocycles. The maximum absolute atomic E-state index is 11.7. The molecule has 8 heteroatoms. The van der Waals surface area contributed by atoms with Gasteiger partial charge < -0.3 is 10.6 Å². The summed E-state index contributed by atoms with van der Waals surface area (Å²) < 4.78 is 13.3. The Labute approximate surface area is 184 Å². The lowest BCUT2D eigenvalue weighted by Crippen LogP contribution is -2.34. The largest absolute Gasteiger partial charge is 0.338 e. The summed E-state index contributed by atoms with van der Waals surface area (Å²) in [4.78, 5) is 12.3. The fourth-order valence-corrected chi connectivity index (χ4v) is 3.40. The topological polar surface area (TPSA) is 102 Å². The monoisotopic (exact) mass is 435 g/mol. The second kappa shape index (κ2) is 10.5. The van der Waals surface area contributed by atoms with E-state index in [9.17, 15) is 9.00 Å². The van der Waals surface area contributed by atoms with Crippen molar-refractivity contribution in [2.75, 3.05) is 6.54 Å². The zero-order chi connectivity index (χ0) is 22.2. The lowest BCUT2D eigenvalue weighted by atomic mass is 10.1. The summed E-state index contributed by atoms with van der Waals surface area (Å²) in [5.74, 6) is 0. The van der Waals surface area contributed by atoms with Crippen LogP contribution in [0.25, 0.3) is 16.9 Å². The third-order valence-corrected chi connectivity index (χ3v) is 5.30. The van der Waals surface area contributed by atoms with E-state index in [0.29, 0.717) is 23.6 Å². The molecule has 1 aromatic heterocycles. The molecule has 3 aromatic rings. The van der Waals surface area contributed by atoms with Gasteiger partial charge in [0.15, 0.2) is 0 Å². The lowest BCUT2D eigenvalue weighted by Gasteiger charge is -2.08. The number of hydrogen-bond acceptors (Lipinski definition) is 3. The van der Waals surface area contributed by atoms with Crippen molar-refractivity contribution in [1.29, 1.82) is 0 Å². The Hall–Kier alpha value is -3.49. The minimum absolute atomic E-state index is 0.308. The number of nitrogens with one attached hydrogen (secondary N) is 2. The van der Waals surface area contributed by atoms with Gasteiger partial charge in [0, 0.05) is 17.8 Å². The number of aromatic nitrogens is 2. The van der Waals surface area contributed by atoms with Gasteiger partial charge in [-0.05, 0) is 49.2 Å². The van der Waals surface area contributed by atoms with Crippen LogP contribution in [0.3, 0.4) is 0 Å². The van der Waals surface area contributed by atoms with E-state index >= 15 is 0 Å². The van der Waals surface area contributed by atoms with E-state index < -0.39 is 11.0 Å². The highest BCUT2D eigenvalue weighted by Crippen LogP contribution is 2.25. The first-order valence-electron chi connectivity index (χ1n) is 9.75. The summed E-state index contributed by atoms with van der Waals surface area (Å²) in [7, 11) is -1.52. The molecule has 2 aromatic carbocycles. The summed E-state index contributed by atoms with van der Waals surface area (Å²) in [6.45, 7) is 7.70. The quantitative estimate of drug-likeness (QED) is 0.354. The van der Waals surface area contributed by atoms with Crippen molar-refractivity contribution in [3.8, 4) is 16.9 Å². The second-order valence-corrected chi connectivity index (χ2v) is 7.87. The van der Waals surface area contributed by atoms with Crippen molar-refractivity contribution >= 4 is 17.0 Å². The van der Waals surface area contributed by atoms with Gasteiger partial charge >= 0.3 is 6.03 Å². The van der Waals surface area contributed by atoms with Crippen molar-refractivity contribution in [2.45, 2.75) is 17.7 Å². The van der Waals surface area contributed by atoms with Crippen LogP contribution < -0.4 is 15.8 Å². The average Bonchev–Trinajstić information content (AvgIpc) is 3.21. The molecule has 0 spiro atoms. The molecule has 1 atom stereocenters. The third kappa shape index (κ3) is 6.00. The van der Waals surface area contributed by atoms with Crippen LogP contribution in [0.1, 0.15) is 12.1 Å². The molecule has 3 rings (SSSR count). The lowest BCUT2D eigenvalue weighted by molar-refractivity contribution is 0.243. The average molecular weight is 436 g/mol. The molecule has 0 aliphatic carbocycles. The van der Waals surface area contributed by atoms with Crippen molar-refractivity contribution in [1.82, 2.24) is 20.4 Å². The molecule has 0 aliphatic rings. The van der Waals surface area contributed by atoms with E-state index in [1.165, 1.54) is 6.08 Å². The minimum Gasteiger partial charge on any atom is -0.338 e. The predicted molar refractivity (Wildman–Crippen MR) is 124 cm³/mol. The smallest absolute Gasteiger partial charge is 0.319 e. The van der Waals surface area contributed by atoms with Crippen LogP contribution >= 0.6 is 0 Å². The second-order valence-electron chi connectivity index (χ2n) is 6.80. The Morgan fingerprint density at radius 3 is 2.52 bits per heavy atom. The zero-order valence-corrected chi connectivity index (χ0v) is 17.9. The molecular weight excluding hydrogens is 410 g/mol. The Bertz CT molecular complexity index is 1090. The van der Waals surface area contributed by atoms with Crippen molar-refractivity contribution in [3.05, 3.63) is 91.3 Å². The van der Waals surface area contributed by atoms with E-state index in [1.807, 2.05) is 53.2 Å². The first-order valence-corrected chi connectivity index (χ1v) is 11.0. The number of aryl methyl sites for hydroxylation is 1. The number of carbonyl (C=O) groups excluding carboxylic acids is 1. The van der Waals surface area contributed by atoms with Gasteiger partial charge in [0.25, 0.3) is 0 Å². The van der Waals surface area contributed by atoms with Crippen LogP contribution in [0.15, 0.2) is 90.5 Å². The highest BCUT2D eigenvalue weighted by atomic mass is 32.2. The molecule has 160 valence electrons. The highest BCUT2D eigenvalue weighted by Gasteiger charge is 2.12. The molecule has 2 amide bonds. The Kier molecular flexibility index (Phi) is 7.53. The van der Waals surface area contributed by atoms with E-state index in [0.717, 1.165) is 29.1 Å². The number of benzene rings is 2. The van der Waals surface area contributed by atoms with Gasteiger partial charge in [0.05, 0.1) is 22.0 Å². The number of nitrogens with zero attached hydrogens (tertiary/aromatic N) is 2. The number of hydrogen-bond donors (Lipinski definition) is 3. The van der Waals surface area contributed by atoms with Crippen LogP contribution in [-0.4, -0.2) is 26.6 Å². The number of amides is 2. The third-order valence-electron chi connectivity index (χ3n) is 4.56. The molecule has 0 saturated carbocycles. The number of carbonyl (C=O) groups is 1. The molecule has 4 N–H and O–H groups in total. The zero-order valence-electron chi connectivity index (χ0n) is 17.1. The fraction of sp³-hybridized carbons (Fsp3) is 0.130. The normalized spacial score (nSPS) is 11.5. The summed E-state index contributed by atoms with van der Waals surface area (Å²) >= 11 is 0. The van der Waals surface area contributed by atoms with Crippen LogP contribution in [-0.2, 0) is 17.4 Å². The number of rotatable bonds is 9. The van der Waals surface area contributed by atoms with E-state index in [4.69, 9.17) is 10.2 Å². The van der Waals surface area contributed by atoms with Gasteiger partial charge in [-0.15, -0.1) is 0 Å². The summed E-state index contributed by atoms with van der Waals surface area (Å²) in [6.07, 6.45) is 2.90. The molecule has 0 radical (unpaired) electrons. The maximum Gasteiger partial charge on any atom is 0.319 e. The SMILES string of the molecule is C=CC(=C)NC(=O)NCCCc1cc(-c2ccccc2)n(-c2ccc(S(N)=O)cc2)n1. The standard InChI is InChI=1S/C23H25N5O2S/c1-3-17(2)26-23(29)25-15-7-10-19-16-22(18-8-5-4-6-9-18)28(27-19)20-11-13-21(14-12-20)31(24)30/h3-6,8-9,11-14,16H,1-2,7,10,15,24H2,(H2,25,26,29). The predicted octanol–water partition coefficient (Wildman–Crippen LogP) is 3.45. The van der Waals surface area contributed by atoms with E-state index in [1.54, 1.807) is 12.1 Å². The molecule has 7 nitrogen and oxygen atoms in total. The van der Waals surface area contributed by atoms with Crippen LogP contribution in [0.2, 0.25) is 0 Å². The van der Waals surface area contributed by atoms with Crippen LogP contribution in [0.5, 0.6) is 0 Å². The van der Waals surface area contributed by atoms with Crippen LogP contribution in [0.4, 0.5) is 4.79 Å². The fourth-order valence-electron chi connectivity index (χ4n) is 3.00. The first kappa shape index (κ1) is 22.2. The van der Waals surface area contributed by atoms with Crippen molar-refractivity contribution in [3.63, 3.8) is 0 Å². The molecule has 0 fully saturated rings. The Balaban J connectivity index is 1.75. The molecule has 1 unspecified atom stereocenters. The van der Waals surface area contributed by atoms with E-state index in [2.05, 4.69) is 23.8 Å². The summed E-state index contributed by atoms with van der Waals surface area (Å²) in [6, 6.07) is 18.9. The molecule has 0 aliphatic heterocycles. The van der Waals surface area contributed by atoms with Gasteiger partial charge in [0.2, 0.25) is 0 Å². The maximum atomic E-state index is 11.7. The summed E-state index contributed by atoms with van der Waals surface area (Å²) in [5, 5.41) is 15.6. The summed E-state index contributed by atoms with van der Waals surface area (Å²) in [5.41, 5.74) is 4.19. The Morgan fingerprint density at radius 1 is 1.16 bits per heavy atom. The van der Waals surface area contributed by atoms with Gasteiger partial charge in [-0.3, -0.25) is 0 Å². The minimum atomic E-state index is -1.52. The molecular formula is C23H25N5O2S. The molecule has 0 bridgehead atoms. The highest BCUT2D eigenvalue weighted by molar-refractivity contribution is 7.82. The van der Waals surface area contributed by atoms with Crippen molar-refractivity contribution in [2.24, 2.45) is 5.14 Å². The molecule has 1 heterocycles. The Morgan fingerprint density at radius 2 is 1.87 bits per heavy atom. The van der Waals surface area contributed by atoms with Gasteiger partial charge in [-0.25, -0.2) is 18.8 Å². The van der Waals surface area contributed by atoms with E-state index in [-0.39, 0.29) is 6.03 Å². The van der Waals surface area contributed by atoms with Gasteiger partial charge in [0.1, 0.15) is 11.0 Å². The van der Waals surface area contributed by atoms with Gasteiger partial charge in [-0.2, -0.15) is 5.10 Å². The van der Waals surface area contributed by atoms with Crippen LogP contribution in [0, 0.1) is 0 Å². The van der Waals surface area contributed by atoms with Gasteiger partial charge in [-0.1, -0.05) is 43.5 Å². The van der Waals surface area contributed by atoms with Crippen molar-refractivity contribution < 1.29 is 9.00 Å². The molecule has 31 heavy (non-hydrogen) atoms.